The number of amides is 1. The molecule has 0 bridgehead atoms. The summed E-state index contributed by atoms with van der Waals surface area (Å²) in [5.74, 6) is 1.74. The number of imidazole rings is 1. The molecule has 10 heteroatoms. The van der Waals surface area contributed by atoms with E-state index in [0.717, 1.165) is 42.4 Å². The number of nitrogens with one attached hydrogen (secondary N) is 2. The molecule has 3 atom stereocenters. The van der Waals surface area contributed by atoms with Crippen molar-refractivity contribution < 1.29 is 13.9 Å². The van der Waals surface area contributed by atoms with Crippen molar-refractivity contribution >= 4 is 28.5 Å². The van der Waals surface area contributed by atoms with Gasteiger partial charge in [0, 0.05) is 49.6 Å². The van der Waals surface area contributed by atoms with E-state index in [1.54, 1.807) is 26.3 Å². The second kappa shape index (κ2) is 7.43. The van der Waals surface area contributed by atoms with Crippen molar-refractivity contribution in [2.45, 2.75) is 25.8 Å². The normalized spacial score (nSPS) is 22.3. The molecule has 4 aromatic heterocycles. The van der Waals surface area contributed by atoms with Crippen LogP contribution in [0.4, 0.5) is 10.3 Å². The van der Waals surface area contributed by atoms with Crippen LogP contribution in [0, 0.1) is 17.8 Å². The van der Waals surface area contributed by atoms with Crippen LogP contribution in [0.5, 0.6) is 5.88 Å². The highest BCUT2D eigenvalue weighted by Crippen LogP contribution is 2.40. The van der Waals surface area contributed by atoms with Crippen molar-refractivity contribution in [1.82, 2.24) is 29.2 Å². The van der Waals surface area contributed by atoms with Gasteiger partial charge in [-0.3, -0.25) is 9.20 Å². The Morgan fingerprint density at radius 3 is 2.76 bits per heavy atom. The van der Waals surface area contributed by atoms with Crippen molar-refractivity contribution in [2.24, 2.45) is 11.8 Å². The van der Waals surface area contributed by atoms with Crippen LogP contribution >= 0.6 is 0 Å². The van der Waals surface area contributed by atoms with E-state index >= 15 is 0 Å². The maximum atomic E-state index is 14.0. The van der Waals surface area contributed by atoms with Crippen LogP contribution in [0.15, 0.2) is 30.7 Å². The molecule has 2 aliphatic rings. The number of rotatable bonds is 4. The van der Waals surface area contributed by atoms with Gasteiger partial charge in [-0.1, -0.05) is 0 Å². The average molecular weight is 449 g/mol. The first-order valence-electron chi connectivity index (χ1n) is 11.1. The third-order valence-corrected chi connectivity index (χ3v) is 6.99. The molecule has 1 saturated carbocycles. The second-order valence-electron chi connectivity index (χ2n) is 8.97. The fourth-order valence-corrected chi connectivity index (χ4v) is 5.41. The topological polar surface area (TPSA) is 100 Å². The highest BCUT2D eigenvalue weighted by Gasteiger charge is 2.41. The Balaban J connectivity index is 1.28. The molecule has 1 amide bonds. The van der Waals surface area contributed by atoms with Gasteiger partial charge in [0.2, 0.25) is 23.7 Å². The van der Waals surface area contributed by atoms with Gasteiger partial charge in [-0.15, -0.1) is 0 Å². The molecule has 1 aliphatic heterocycles. The van der Waals surface area contributed by atoms with Crippen LogP contribution in [0.2, 0.25) is 0 Å². The molecule has 9 nitrogen and oxygen atoms in total. The largest absolute Gasteiger partial charge is 0.480 e. The van der Waals surface area contributed by atoms with E-state index in [4.69, 9.17) is 4.74 Å². The fourth-order valence-electron chi connectivity index (χ4n) is 5.41. The van der Waals surface area contributed by atoms with E-state index in [1.807, 2.05) is 17.2 Å². The highest BCUT2D eigenvalue weighted by atomic mass is 19.1. The highest BCUT2D eigenvalue weighted by molar-refractivity contribution is 5.97. The minimum atomic E-state index is -0.422. The van der Waals surface area contributed by atoms with Crippen molar-refractivity contribution in [2.75, 3.05) is 25.5 Å². The summed E-state index contributed by atoms with van der Waals surface area (Å²) >= 11 is 0. The van der Waals surface area contributed by atoms with Crippen molar-refractivity contribution in [3.05, 3.63) is 36.7 Å². The predicted molar refractivity (Wildman–Crippen MR) is 120 cm³/mol. The first-order chi connectivity index (χ1) is 16.0. The smallest absolute Gasteiger partial charge is 0.228 e. The SMILES string of the molecule is COc1nc(N[C@@H]2C[C@@H]3CN(C(C)=O)C[C@@H]3C2)nc2[nH]cc(-c3ccc4ncc(F)n4c3)c12. The first kappa shape index (κ1) is 20.0. The lowest BCUT2D eigenvalue weighted by molar-refractivity contribution is -0.128. The third kappa shape index (κ3) is 3.28. The fraction of sp³-hybridized carbons (Fsp3) is 0.391. The molecule has 170 valence electrons. The number of carbonyl (C=O) groups excluding carboxylic acids is 1. The first-order valence-corrected chi connectivity index (χ1v) is 11.1. The van der Waals surface area contributed by atoms with E-state index in [0.29, 0.717) is 35.0 Å². The summed E-state index contributed by atoms with van der Waals surface area (Å²) in [7, 11) is 1.58. The zero-order chi connectivity index (χ0) is 22.7. The second-order valence-corrected chi connectivity index (χ2v) is 8.97. The summed E-state index contributed by atoms with van der Waals surface area (Å²) in [6.45, 7) is 3.31. The molecule has 2 N–H and O–H groups in total. The van der Waals surface area contributed by atoms with Gasteiger partial charge in [0.1, 0.15) is 11.3 Å². The molecule has 4 aromatic rings. The Morgan fingerprint density at radius 1 is 1.24 bits per heavy atom. The molecule has 0 spiro atoms. The summed E-state index contributed by atoms with van der Waals surface area (Å²) in [5.41, 5.74) is 2.81. The van der Waals surface area contributed by atoms with Gasteiger partial charge in [0.15, 0.2) is 0 Å². The van der Waals surface area contributed by atoms with Gasteiger partial charge >= 0.3 is 0 Å². The van der Waals surface area contributed by atoms with Gasteiger partial charge in [0.05, 0.1) is 18.7 Å². The zero-order valence-electron chi connectivity index (χ0n) is 18.4. The van der Waals surface area contributed by atoms with Gasteiger partial charge in [-0.05, 0) is 36.8 Å². The monoisotopic (exact) mass is 449 g/mol. The molecule has 1 saturated heterocycles. The standard InChI is InChI=1S/C23H24FN7O2/c1-12(32)30-9-14-5-16(6-15(14)10-30)27-23-28-21-20(22(29-23)33-2)17(7-26-21)13-3-4-19-25-8-18(24)31(19)11-13/h3-4,7-8,11,14-16H,5-6,9-10H2,1-2H3,(H2,26,27,28,29)/t14-,15+,16-. The molecule has 0 aromatic carbocycles. The predicted octanol–water partition coefficient (Wildman–Crippen LogP) is 3.09. The van der Waals surface area contributed by atoms with Gasteiger partial charge in [-0.25, -0.2) is 4.98 Å². The summed E-state index contributed by atoms with van der Waals surface area (Å²) in [6.07, 6.45) is 6.71. The van der Waals surface area contributed by atoms with Crippen LogP contribution in [-0.2, 0) is 4.79 Å². The summed E-state index contributed by atoms with van der Waals surface area (Å²) in [6, 6.07) is 3.92. The number of methoxy groups -OCH3 is 1. The van der Waals surface area contributed by atoms with Crippen molar-refractivity contribution in [3.8, 4) is 17.0 Å². The quantitative estimate of drug-likeness (QED) is 0.497. The minimum absolute atomic E-state index is 0.157. The van der Waals surface area contributed by atoms with Crippen LogP contribution in [0.3, 0.4) is 0 Å². The number of carbonyl (C=O) groups is 1. The Kier molecular flexibility index (Phi) is 4.49. The molecule has 2 fully saturated rings. The maximum Gasteiger partial charge on any atom is 0.228 e. The number of fused-ring (bicyclic) bond motifs is 3. The summed E-state index contributed by atoms with van der Waals surface area (Å²) < 4.78 is 21.1. The number of ether oxygens (including phenoxy) is 1. The Bertz CT molecular complexity index is 1370. The lowest BCUT2D eigenvalue weighted by atomic mass is 10.0. The van der Waals surface area contributed by atoms with Crippen molar-refractivity contribution in [3.63, 3.8) is 0 Å². The number of pyridine rings is 1. The molecule has 5 heterocycles. The molecule has 33 heavy (non-hydrogen) atoms. The number of halogens is 1. The van der Waals surface area contributed by atoms with Crippen LogP contribution in [0.25, 0.3) is 27.8 Å². The van der Waals surface area contributed by atoms with E-state index in [9.17, 15) is 9.18 Å². The Hall–Kier alpha value is -3.69. The van der Waals surface area contributed by atoms with Gasteiger partial charge in [-0.2, -0.15) is 14.4 Å². The minimum Gasteiger partial charge on any atom is -0.480 e. The number of aromatic nitrogens is 5. The van der Waals surface area contributed by atoms with E-state index < -0.39 is 5.95 Å². The average Bonchev–Trinajstić information content (AvgIpc) is 3.56. The number of anilines is 1. The van der Waals surface area contributed by atoms with Crippen molar-refractivity contribution in [1.29, 1.82) is 0 Å². The Labute approximate surface area is 189 Å². The van der Waals surface area contributed by atoms with Gasteiger partial charge in [0.25, 0.3) is 0 Å². The molecular formula is C23H24FN7O2. The number of aromatic amines is 1. The third-order valence-electron chi connectivity index (χ3n) is 6.99. The van der Waals surface area contributed by atoms with Crippen LogP contribution < -0.4 is 10.1 Å². The molecule has 0 unspecified atom stereocenters. The van der Waals surface area contributed by atoms with Crippen LogP contribution in [0.1, 0.15) is 19.8 Å². The van der Waals surface area contributed by atoms with Gasteiger partial charge < -0.3 is 19.9 Å². The number of hydrogen-bond acceptors (Lipinski definition) is 6. The number of hydrogen-bond donors (Lipinski definition) is 2. The number of likely N-dealkylation sites (tertiary alicyclic amines) is 1. The molecule has 6 rings (SSSR count). The summed E-state index contributed by atoms with van der Waals surface area (Å²) in [5, 5.41) is 4.21. The molecule has 0 radical (unpaired) electrons. The van der Waals surface area contributed by atoms with E-state index in [2.05, 4.69) is 25.3 Å². The van der Waals surface area contributed by atoms with Crippen LogP contribution in [-0.4, -0.2) is 61.4 Å². The zero-order valence-corrected chi connectivity index (χ0v) is 18.4. The number of nitrogens with zero attached hydrogens (tertiary/aromatic N) is 5. The Morgan fingerprint density at radius 2 is 2.03 bits per heavy atom. The lowest BCUT2D eigenvalue weighted by Crippen LogP contribution is -2.29. The lowest BCUT2D eigenvalue weighted by Gasteiger charge is -2.18. The maximum absolute atomic E-state index is 14.0. The number of H-pyrrole nitrogens is 1. The summed E-state index contributed by atoms with van der Waals surface area (Å²) in [4.78, 5) is 30.2. The van der Waals surface area contributed by atoms with E-state index in [1.165, 1.54) is 10.6 Å². The molecular weight excluding hydrogens is 425 g/mol. The van der Waals surface area contributed by atoms with E-state index in [-0.39, 0.29) is 11.9 Å². The molecule has 1 aliphatic carbocycles.